The van der Waals surface area contributed by atoms with Gasteiger partial charge >= 0.3 is 0 Å². The Morgan fingerprint density at radius 3 is 2.45 bits per heavy atom. The maximum Gasteiger partial charge on any atom is 0.259 e. The zero-order valence-electron chi connectivity index (χ0n) is 19.3. The molecule has 7 heteroatoms. The van der Waals surface area contributed by atoms with Crippen LogP contribution in [0.25, 0.3) is 0 Å². The normalized spacial score (nSPS) is 10.8. The van der Waals surface area contributed by atoms with Crippen LogP contribution >= 0.6 is 15.9 Å². The number of carbonyl (C=O) groups excluding carboxylic acids is 2. The van der Waals surface area contributed by atoms with Gasteiger partial charge in [-0.15, -0.1) is 0 Å². The van der Waals surface area contributed by atoms with Gasteiger partial charge in [-0.1, -0.05) is 91.7 Å². The van der Waals surface area contributed by atoms with Crippen LogP contribution in [-0.4, -0.2) is 24.6 Å². The van der Waals surface area contributed by atoms with E-state index < -0.39 is 0 Å². The minimum Gasteiger partial charge on any atom is -0.488 e. The molecular weight excluding hydrogens is 482 g/mol. The van der Waals surface area contributed by atoms with Gasteiger partial charge in [0.25, 0.3) is 5.91 Å². The summed E-state index contributed by atoms with van der Waals surface area (Å²) in [4.78, 5) is 23.9. The third-order valence-electron chi connectivity index (χ3n) is 5.06. The minimum atomic E-state index is -0.374. The van der Waals surface area contributed by atoms with E-state index in [9.17, 15) is 9.59 Å². The average molecular weight is 516 g/mol. The Hall–Kier alpha value is -2.67. The molecule has 0 aromatic heterocycles. The summed E-state index contributed by atoms with van der Waals surface area (Å²) < 4.78 is 6.78. The van der Waals surface area contributed by atoms with Crippen molar-refractivity contribution in [3.63, 3.8) is 0 Å². The number of hydrogen-bond acceptors (Lipinski definition) is 4. The molecule has 2 amide bonds. The Labute approximate surface area is 205 Å². The van der Waals surface area contributed by atoms with E-state index in [2.05, 4.69) is 38.7 Å². The molecule has 2 aromatic carbocycles. The molecule has 0 radical (unpaired) electrons. The van der Waals surface area contributed by atoms with Gasteiger partial charge in [0.05, 0.1) is 12.8 Å². The summed E-state index contributed by atoms with van der Waals surface area (Å²) in [5.41, 5.74) is 4.23. The zero-order valence-corrected chi connectivity index (χ0v) is 20.9. The van der Waals surface area contributed by atoms with Crippen molar-refractivity contribution in [1.29, 1.82) is 0 Å². The smallest absolute Gasteiger partial charge is 0.259 e. The van der Waals surface area contributed by atoms with Crippen LogP contribution in [0.4, 0.5) is 0 Å². The van der Waals surface area contributed by atoms with Gasteiger partial charge in [0, 0.05) is 16.5 Å². The highest BCUT2D eigenvalue weighted by Crippen LogP contribution is 2.22. The largest absolute Gasteiger partial charge is 0.488 e. The van der Waals surface area contributed by atoms with Crippen molar-refractivity contribution >= 4 is 34.0 Å². The number of hydrazone groups is 1. The number of ether oxygens (including phenoxy) is 1. The van der Waals surface area contributed by atoms with Crippen molar-refractivity contribution in [1.82, 2.24) is 10.7 Å². The summed E-state index contributed by atoms with van der Waals surface area (Å²) in [5.74, 6) is 0.176. The van der Waals surface area contributed by atoms with Gasteiger partial charge < -0.3 is 10.1 Å². The number of hydrogen-bond donors (Lipinski definition) is 2. The Balaban J connectivity index is 1.70. The number of benzene rings is 2. The zero-order chi connectivity index (χ0) is 23.7. The lowest BCUT2D eigenvalue weighted by molar-refractivity contribution is -0.126. The molecule has 0 atom stereocenters. The van der Waals surface area contributed by atoms with Gasteiger partial charge in [0.1, 0.15) is 12.4 Å². The Kier molecular flexibility index (Phi) is 12.9. The molecule has 0 aliphatic rings. The van der Waals surface area contributed by atoms with Crippen LogP contribution in [0.5, 0.6) is 5.75 Å². The van der Waals surface area contributed by atoms with Gasteiger partial charge in [-0.2, -0.15) is 5.10 Å². The van der Waals surface area contributed by atoms with E-state index in [1.54, 1.807) is 0 Å². The standard InChI is InChI=1S/C26H34BrN3O3/c1-2-3-4-5-6-7-11-14-25(31)28-19-26(32)30-29-18-22-17-23(27)15-16-24(22)33-20-21-12-9-8-10-13-21/h8-10,12-13,15-18H,2-7,11,14,19-20H2,1H3,(H,28,31)(H,30,32)/b29-18-. The van der Waals surface area contributed by atoms with E-state index >= 15 is 0 Å². The van der Waals surface area contributed by atoms with Crippen LogP contribution in [0.15, 0.2) is 58.1 Å². The number of rotatable bonds is 15. The highest BCUT2D eigenvalue weighted by atomic mass is 79.9. The molecule has 0 aliphatic heterocycles. The molecule has 0 bridgehead atoms. The van der Waals surface area contributed by atoms with E-state index in [0.717, 1.165) is 34.9 Å². The number of halogens is 1. The molecule has 0 heterocycles. The Bertz CT molecular complexity index is 888. The van der Waals surface area contributed by atoms with E-state index in [0.29, 0.717) is 18.8 Å². The molecule has 2 rings (SSSR count). The second kappa shape index (κ2) is 16.0. The molecule has 6 nitrogen and oxygen atoms in total. The first kappa shape index (κ1) is 26.6. The maximum atomic E-state index is 12.0. The predicted octanol–water partition coefficient (Wildman–Crippen LogP) is 5.74. The molecule has 2 N–H and O–H groups in total. The summed E-state index contributed by atoms with van der Waals surface area (Å²) in [6, 6.07) is 15.5. The molecule has 0 saturated heterocycles. The first-order valence-corrected chi connectivity index (χ1v) is 12.4. The highest BCUT2D eigenvalue weighted by molar-refractivity contribution is 9.10. The molecule has 0 aliphatic carbocycles. The monoisotopic (exact) mass is 515 g/mol. The van der Waals surface area contributed by atoms with Gasteiger partial charge in [-0.05, 0) is 30.2 Å². The second-order valence-electron chi connectivity index (χ2n) is 7.90. The minimum absolute atomic E-state index is 0.0947. The van der Waals surface area contributed by atoms with Crippen LogP contribution in [0.1, 0.15) is 69.4 Å². The van der Waals surface area contributed by atoms with Gasteiger partial charge in [0.15, 0.2) is 0 Å². The Morgan fingerprint density at radius 1 is 0.970 bits per heavy atom. The number of nitrogens with zero attached hydrogens (tertiary/aromatic N) is 1. The summed E-state index contributed by atoms with van der Waals surface area (Å²) in [6.45, 7) is 2.54. The summed E-state index contributed by atoms with van der Waals surface area (Å²) >= 11 is 3.44. The number of unbranched alkanes of at least 4 members (excludes halogenated alkanes) is 6. The fourth-order valence-electron chi connectivity index (χ4n) is 3.21. The highest BCUT2D eigenvalue weighted by Gasteiger charge is 2.06. The van der Waals surface area contributed by atoms with E-state index in [4.69, 9.17) is 4.74 Å². The molecule has 178 valence electrons. The summed E-state index contributed by atoms with van der Waals surface area (Å²) in [5, 5.41) is 6.65. The van der Waals surface area contributed by atoms with Crippen LogP contribution < -0.4 is 15.5 Å². The fourth-order valence-corrected chi connectivity index (χ4v) is 3.59. The number of amides is 2. The molecule has 0 spiro atoms. The van der Waals surface area contributed by atoms with Crippen molar-refractivity contribution in [2.75, 3.05) is 6.54 Å². The van der Waals surface area contributed by atoms with Crippen LogP contribution in [0.3, 0.4) is 0 Å². The van der Waals surface area contributed by atoms with Crippen molar-refractivity contribution in [3.05, 3.63) is 64.1 Å². The van der Waals surface area contributed by atoms with Crippen LogP contribution in [0, 0.1) is 0 Å². The van der Waals surface area contributed by atoms with Crippen molar-refractivity contribution in [2.24, 2.45) is 5.10 Å². The van der Waals surface area contributed by atoms with E-state index in [-0.39, 0.29) is 18.4 Å². The lowest BCUT2D eigenvalue weighted by Crippen LogP contribution is -2.34. The van der Waals surface area contributed by atoms with E-state index in [1.165, 1.54) is 31.9 Å². The van der Waals surface area contributed by atoms with E-state index in [1.807, 2.05) is 48.5 Å². The first-order chi connectivity index (χ1) is 16.1. The maximum absolute atomic E-state index is 12.0. The van der Waals surface area contributed by atoms with Crippen molar-refractivity contribution in [2.45, 2.75) is 64.9 Å². The lowest BCUT2D eigenvalue weighted by Gasteiger charge is -2.10. The molecular formula is C26H34BrN3O3. The van der Waals surface area contributed by atoms with Gasteiger partial charge in [0.2, 0.25) is 5.91 Å². The molecule has 0 saturated carbocycles. The Morgan fingerprint density at radius 2 is 1.70 bits per heavy atom. The molecule has 0 unspecified atom stereocenters. The molecule has 33 heavy (non-hydrogen) atoms. The van der Waals surface area contributed by atoms with Gasteiger partial charge in [-0.3, -0.25) is 9.59 Å². The predicted molar refractivity (Wildman–Crippen MR) is 136 cm³/mol. The van der Waals surface area contributed by atoms with Crippen molar-refractivity contribution < 1.29 is 14.3 Å². The van der Waals surface area contributed by atoms with Crippen molar-refractivity contribution in [3.8, 4) is 5.75 Å². The van der Waals surface area contributed by atoms with Gasteiger partial charge in [-0.25, -0.2) is 5.43 Å². The SMILES string of the molecule is CCCCCCCCCC(=O)NCC(=O)N/N=C\c1cc(Br)ccc1OCc1ccccc1. The second-order valence-corrected chi connectivity index (χ2v) is 8.81. The number of carbonyl (C=O) groups is 2. The van der Waals surface area contributed by atoms with Crippen LogP contribution in [-0.2, 0) is 16.2 Å². The lowest BCUT2D eigenvalue weighted by atomic mass is 10.1. The number of nitrogens with one attached hydrogen (secondary N) is 2. The molecule has 0 fully saturated rings. The quantitative estimate of drug-likeness (QED) is 0.180. The third-order valence-corrected chi connectivity index (χ3v) is 5.55. The summed E-state index contributed by atoms with van der Waals surface area (Å²) in [7, 11) is 0. The van der Waals surface area contributed by atoms with Crippen LogP contribution in [0.2, 0.25) is 0 Å². The molecule has 2 aromatic rings. The summed E-state index contributed by atoms with van der Waals surface area (Å²) in [6.07, 6.45) is 10.1. The topological polar surface area (TPSA) is 79.8 Å². The third kappa shape index (κ3) is 11.7. The first-order valence-electron chi connectivity index (χ1n) is 11.6. The fraction of sp³-hybridized carbons (Fsp3) is 0.423. The average Bonchev–Trinajstić information content (AvgIpc) is 2.82.